The summed E-state index contributed by atoms with van der Waals surface area (Å²) >= 11 is 0. The summed E-state index contributed by atoms with van der Waals surface area (Å²) in [6.45, 7) is 2.67. The molecule has 198 valence electrons. The average molecular weight is 520 g/mol. The molecule has 1 amide bonds. The second-order valence-corrected chi connectivity index (χ2v) is 8.17. The van der Waals surface area contributed by atoms with Gasteiger partial charge in [-0.15, -0.1) is 0 Å². The molecule has 0 fully saturated rings. The van der Waals surface area contributed by atoms with Crippen LogP contribution in [0.25, 0.3) is 5.52 Å². The summed E-state index contributed by atoms with van der Waals surface area (Å²) in [6, 6.07) is 13.4. The zero-order valence-corrected chi connectivity index (χ0v) is 21.6. The third-order valence-electron chi connectivity index (χ3n) is 5.83. The van der Waals surface area contributed by atoms with Crippen molar-refractivity contribution in [3.05, 3.63) is 72.3 Å². The Morgan fingerprint density at radius 1 is 0.947 bits per heavy atom. The molecule has 0 bridgehead atoms. The minimum absolute atomic E-state index is 0.0963. The number of benzene rings is 2. The van der Waals surface area contributed by atoms with Crippen LogP contribution in [0.5, 0.6) is 17.2 Å². The Morgan fingerprint density at radius 3 is 2.37 bits per heavy atom. The second kappa shape index (κ2) is 12.0. The molecule has 11 heteroatoms. The van der Waals surface area contributed by atoms with E-state index < -0.39 is 11.9 Å². The van der Waals surface area contributed by atoms with Crippen molar-refractivity contribution in [2.75, 3.05) is 38.2 Å². The zero-order chi connectivity index (χ0) is 27.1. The molecule has 4 aromatic rings. The van der Waals surface area contributed by atoms with Crippen molar-refractivity contribution in [3.63, 3.8) is 0 Å². The number of carbonyl (C=O) groups is 2. The number of rotatable bonds is 10. The van der Waals surface area contributed by atoms with Gasteiger partial charge in [0.05, 0.1) is 40.3 Å². The lowest BCUT2D eigenvalue weighted by atomic mass is 10.1. The number of nitrogens with zero attached hydrogens (tertiary/aromatic N) is 4. The zero-order valence-electron chi connectivity index (χ0n) is 21.6. The third kappa shape index (κ3) is 5.77. The van der Waals surface area contributed by atoms with Crippen LogP contribution in [-0.4, -0.2) is 54.2 Å². The Morgan fingerprint density at radius 2 is 1.68 bits per heavy atom. The number of aromatic nitrogens is 3. The molecule has 1 N–H and O–H groups in total. The van der Waals surface area contributed by atoms with Gasteiger partial charge in [0.2, 0.25) is 0 Å². The lowest BCUT2D eigenvalue weighted by Gasteiger charge is -2.26. The SMILES string of the molecule is CCOC(=O)C(=O)Nc1cnc(N(Cc2ccc(OC)cc2)Cc2ccc(OC)cc2OC)c2cncn12. The van der Waals surface area contributed by atoms with Gasteiger partial charge in [-0.2, -0.15) is 0 Å². The van der Waals surface area contributed by atoms with Crippen molar-refractivity contribution in [1.82, 2.24) is 14.4 Å². The molecule has 2 aromatic carbocycles. The molecule has 0 saturated heterocycles. The van der Waals surface area contributed by atoms with Gasteiger partial charge in [-0.05, 0) is 36.8 Å². The molecule has 2 heterocycles. The molecule has 0 atom stereocenters. The lowest BCUT2D eigenvalue weighted by molar-refractivity contribution is -0.152. The smallest absolute Gasteiger partial charge is 0.397 e. The van der Waals surface area contributed by atoms with E-state index in [2.05, 4.69) is 20.2 Å². The number of imidazole rings is 1. The molecule has 2 aromatic heterocycles. The minimum atomic E-state index is -0.974. The van der Waals surface area contributed by atoms with Gasteiger partial charge in [-0.25, -0.2) is 14.8 Å². The molecule has 0 aliphatic carbocycles. The minimum Gasteiger partial charge on any atom is -0.497 e. The summed E-state index contributed by atoms with van der Waals surface area (Å²) in [6.07, 6.45) is 4.67. The van der Waals surface area contributed by atoms with E-state index in [1.165, 1.54) is 6.20 Å². The first-order valence-electron chi connectivity index (χ1n) is 11.8. The molecule has 38 heavy (non-hydrogen) atoms. The highest BCUT2D eigenvalue weighted by Crippen LogP contribution is 2.30. The van der Waals surface area contributed by atoms with E-state index in [4.69, 9.17) is 18.9 Å². The summed E-state index contributed by atoms with van der Waals surface area (Å²) in [5, 5.41) is 2.55. The Kier molecular flexibility index (Phi) is 8.27. The number of carbonyl (C=O) groups excluding carboxylic acids is 2. The summed E-state index contributed by atoms with van der Waals surface area (Å²) < 4.78 is 22.7. The molecule has 0 aliphatic rings. The van der Waals surface area contributed by atoms with Crippen LogP contribution >= 0.6 is 0 Å². The van der Waals surface area contributed by atoms with Gasteiger partial charge in [0.15, 0.2) is 5.82 Å². The van der Waals surface area contributed by atoms with Gasteiger partial charge >= 0.3 is 11.9 Å². The molecule has 0 unspecified atom stereocenters. The summed E-state index contributed by atoms with van der Waals surface area (Å²) in [5.74, 6) is 1.15. The van der Waals surface area contributed by atoms with E-state index in [-0.39, 0.29) is 12.4 Å². The Hall–Kier alpha value is -4.80. The van der Waals surface area contributed by atoms with Crippen molar-refractivity contribution >= 4 is 29.0 Å². The third-order valence-corrected chi connectivity index (χ3v) is 5.83. The summed E-state index contributed by atoms with van der Waals surface area (Å²) in [7, 11) is 4.84. The van der Waals surface area contributed by atoms with Crippen LogP contribution in [0.2, 0.25) is 0 Å². The second-order valence-electron chi connectivity index (χ2n) is 8.17. The number of fused-ring (bicyclic) bond motifs is 1. The van der Waals surface area contributed by atoms with Crippen LogP contribution in [0.4, 0.5) is 11.6 Å². The maximum atomic E-state index is 12.3. The van der Waals surface area contributed by atoms with Gasteiger partial charge < -0.3 is 29.2 Å². The maximum absolute atomic E-state index is 12.3. The van der Waals surface area contributed by atoms with Gasteiger partial charge in [0.1, 0.15) is 34.9 Å². The van der Waals surface area contributed by atoms with Gasteiger partial charge in [-0.3, -0.25) is 9.20 Å². The first-order valence-corrected chi connectivity index (χ1v) is 11.8. The van der Waals surface area contributed by atoms with Crippen molar-refractivity contribution in [3.8, 4) is 17.2 Å². The first kappa shape index (κ1) is 26.3. The standard InChI is InChI=1S/C27H29N5O6/c1-5-38-27(34)26(33)30-24-14-29-25(22-13-28-17-32(22)24)31(15-18-6-9-20(35-2)10-7-18)16-19-8-11-21(36-3)12-23(19)37-4/h6-14,17H,5,15-16H2,1-4H3,(H,30,33). The number of esters is 1. The van der Waals surface area contributed by atoms with Gasteiger partial charge in [0, 0.05) is 24.7 Å². The van der Waals surface area contributed by atoms with Gasteiger partial charge in [0.25, 0.3) is 0 Å². The molecule has 4 rings (SSSR count). The fourth-order valence-electron chi connectivity index (χ4n) is 3.95. The quantitative estimate of drug-likeness (QED) is 0.248. The number of nitrogens with one attached hydrogen (secondary N) is 1. The van der Waals surface area contributed by atoms with E-state index in [0.717, 1.165) is 16.9 Å². The lowest BCUT2D eigenvalue weighted by Crippen LogP contribution is -2.27. The van der Waals surface area contributed by atoms with E-state index in [9.17, 15) is 9.59 Å². The molecular weight excluding hydrogens is 490 g/mol. The molecule has 0 saturated carbocycles. The summed E-state index contributed by atoms with van der Waals surface area (Å²) in [4.78, 5) is 35.1. The Balaban J connectivity index is 1.73. The number of amides is 1. The highest BCUT2D eigenvalue weighted by Gasteiger charge is 2.21. The molecule has 0 aliphatic heterocycles. The maximum Gasteiger partial charge on any atom is 0.397 e. The number of methoxy groups -OCH3 is 3. The fourth-order valence-corrected chi connectivity index (χ4v) is 3.95. The predicted molar refractivity (Wildman–Crippen MR) is 141 cm³/mol. The number of hydrogen-bond donors (Lipinski definition) is 1. The van der Waals surface area contributed by atoms with Crippen molar-refractivity contribution in [1.29, 1.82) is 0 Å². The summed E-state index contributed by atoms with van der Waals surface area (Å²) in [5.41, 5.74) is 2.58. The highest BCUT2D eigenvalue weighted by atomic mass is 16.5. The van der Waals surface area contributed by atoms with Crippen molar-refractivity contribution in [2.24, 2.45) is 0 Å². The highest BCUT2D eigenvalue weighted by molar-refractivity contribution is 6.37. The van der Waals surface area contributed by atoms with E-state index >= 15 is 0 Å². The van der Waals surface area contributed by atoms with E-state index in [1.54, 1.807) is 45.2 Å². The average Bonchev–Trinajstić information content (AvgIpc) is 3.44. The first-order chi connectivity index (χ1) is 18.5. The van der Waals surface area contributed by atoms with Crippen LogP contribution in [0, 0.1) is 0 Å². The van der Waals surface area contributed by atoms with Crippen LogP contribution in [-0.2, 0) is 27.4 Å². The van der Waals surface area contributed by atoms with Crippen molar-refractivity contribution < 1.29 is 28.5 Å². The number of ether oxygens (including phenoxy) is 4. The predicted octanol–water partition coefficient (Wildman–Crippen LogP) is 3.46. The van der Waals surface area contributed by atoms with E-state index in [0.29, 0.717) is 35.9 Å². The van der Waals surface area contributed by atoms with E-state index in [1.807, 2.05) is 42.5 Å². The van der Waals surface area contributed by atoms with Crippen molar-refractivity contribution in [2.45, 2.75) is 20.0 Å². The topological polar surface area (TPSA) is 117 Å². The van der Waals surface area contributed by atoms with Crippen LogP contribution in [0.15, 0.2) is 61.2 Å². The van der Waals surface area contributed by atoms with Crippen LogP contribution in [0.3, 0.4) is 0 Å². The Bertz CT molecular complexity index is 1420. The largest absolute Gasteiger partial charge is 0.497 e. The fraction of sp³-hybridized carbons (Fsp3) is 0.259. The normalized spacial score (nSPS) is 10.6. The molecular formula is C27H29N5O6. The molecule has 0 spiro atoms. The van der Waals surface area contributed by atoms with Gasteiger partial charge in [-0.1, -0.05) is 12.1 Å². The molecule has 11 nitrogen and oxygen atoms in total. The monoisotopic (exact) mass is 519 g/mol. The number of hydrogen-bond acceptors (Lipinski definition) is 9. The number of anilines is 2. The Labute approximate surface area is 219 Å². The van der Waals surface area contributed by atoms with Crippen LogP contribution < -0.4 is 24.4 Å². The van der Waals surface area contributed by atoms with Crippen LogP contribution in [0.1, 0.15) is 18.1 Å². The molecule has 0 radical (unpaired) electrons.